The second kappa shape index (κ2) is 7.41. The Morgan fingerprint density at radius 2 is 2.29 bits per heavy atom. The molecule has 0 aliphatic heterocycles. The van der Waals surface area contributed by atoms with Crippen LogP contribution in [0.3, 0.4) is 0 Å². The lowest BCUT2D eigenvalue weighted by atomic mass is 10.0. The number of carbonyl (C=O) groups excluding carboxylic acids is 1. The Morgan fingerprint density at radius 3 is 2.95 bits per heavy atom. The van der Waals surface area contributed by atoms with Crippen molar-refractivity contribution in [2.45, 2.75) is 13.5 Å². The number of benzene rings is 1. The fourth-order valence-corrected chi connectivity index (χ4v) is 3.25. The maximum Gasteiger partial charge on any atom is 0.251 e. The zero-order chi connectivity index (χ0) is 15.2. The van der Waals surface area contributed by atoms with Crippen LogP contribution in [-0.2, 0) is 6.54 Å². The summed E-state index contributed by atoms with van der Waals surface area (Å²) in [5, 5.41) is 13.6. The lowest BCUT2D eigenvalue weighted by Gasteiger charge is -2.08. The third kappa shape index (κ3) is 4.18. The van der Waals surface area contributed by atoms with Crippen molar-refractivity contribution in [2.75, 3.05) is 6.61 Å². The first-order chi connectivity index (χ1) is 10.1. The smallest absolute Gasteiger partial charge is 0.251 e. The lowest BCUT2D eigenvalue weighted by molar-refractivity contribution is 0.0950. The van der Waals surface area contributed by atoms with Crippen molar-refractivity contribution < 1.29 is 9.90 Å². The number of nitrogens with one attached hydrogen (secondary N) is 1. The molecule has 0 atom stereocenters. The number of carbonyl (C=O) groups is 1. The molecule has 1 heterocycles. The summed E-state index contributed by atoms with van der Waals surface area (Å²) in [6, 6.07) is 7.40. The molecule has 108 valence electrons. The minimum absolute atomic E-state index is 0.121. The zero-order valence-electron chi connectivity index (χ0n) is 11.4. The summed E-state index contributed by atoms with van der Waals surface area (Å²) < 4.78 is 1.02. The molecular formula is C16H14BrNO2S. The van der Waals surface area contributed by atoms with Gasteiger partial charge in [-0.15, -0.1) is 11.3 Å². The Kier molecular flexibility index (Phi) is 5.57. The topological polar surface area (TPSA) is 49.3 Å². The van der Waals surface area contributed by atoms with Gasteiger partial charge in [0.25, 0.3) is 5.91 Å². The molecule has 0 radical (unpaired) electrons. The van der Waals surface area contributed by atoms with E-state index in [0.717, 1.165) is 20.5 Å². The number of aliphatic hydroxyl groups is 1. The van der Waals surface area contributed by atoms with Gasteiger partial charge in [-0.1, -0.05) is 17.9 Å². The molecule has 1 amide bonds. The van der Waals surface area contributed by atoms with Gasteiger partial charge in [0.15, 0.2) is 0 Å². The molecule has 2 rings (SSSR count). The van der Waals surface area contributed by atoms with Gasteiger partial charge < -0.3 is 10.4 Å². The first-order valence-electron chi connectivity index (χ1n) is 6.32. The third-order valence-electron chi connectivity index (χ3n) is 2.93. The molecule has 0 spiro atoms. The quantitative estimate of drug-likeness (QED) is 0.823. The lowest BCUT2D eigenvalue weighted by Crippen LogP contribution is -2.23. The normalized spacial score (nSPS) is 9.86. The predicted molar refractivity (Wildman–Crippen MR) is 88.3 cm³/mol. The highest BCUT2D eigenvalue weighted by atomic mass is 79.9. The van der Waals surface area contributed by atoms with E-state index in [1.54, 1.807) is 23.5 Å². The van der Waals surface area contributed by atoms with Gasteiger partial charge in [0.05, 0.1) is 6.54 Å². The Labute approximate surface area is 136 Å². The molecule has 5 heteroatoms. The molecule has 0 unspecified atom stereocenters. The maximum atomic E-state index is 12.3. The number of halogens is 1. The van der Waals surface area contributed by atoms with E-state index in [1.165, 1.54) is 0 Å². The molecule has 1 aromatic carbocycles. The third-order valence-corrected chi connectivity index (χ3v) is 4.62. The average molecular weight is 364 g/mol. The Bertz CT molecular complexity index is 713. The summed E-state index contributed by atoms with van der Waals surface area (Å²) in [5.41, 5.74) is 2.19. The van der Waals surface area contributed by atoms with E-state index in [4.69, 9.17) is 5.11 Å². The van der Waals surface area contributed by atoms with Gasteiger partial charge in [0.2, 0.25) is 0 Å². The van der Waals surface area contributed by atoms with Crippen LogP contribution in [0.4, 0.5) is 0 Å². The van der Waals surface area contributed by atoms with Crippen LogP contribution in [0.1, 0.15) is 26.4 Å². The van der Waals surface area contributed by atoms with E-state index in [-0.39, 0.29) is 12.5 Å². The molecule has 0 aliphatic rings. The molecule has 0 saturated carbocycles. The largest absolute Gasteiger partial charge is 0.384 e. The molecule has 0 bridgehead atoms. The Balaban J connectivity index is 2.12. The summed E-state index contributed by atoms with van der Waals surface area (Å²) in [6.45, 7) is 2.17. The summed E-state index contributed by atoms with van der Waals surface area (Å²) >= 11 is 4.98. The van der Waals surface area contributed by atoms with Gasteiger partial charge in [-0.25, -0.2) is 0 Å². The molecule has 1 aromatic heterocycles. The molecular weight excluding hydrogens is 350 g/mol. The summed E-state index contributed by atoms with van der Waals surface area (Å²) in [4.78, 5) is 13.3. The molecule has 0 saturated heterocycles. The highest BCUT2D eigenvalue weighted by Gasteiger charge is 2.11. The summed E-state index contributed by atoms with van der Waals surface area (Å²) in [7, 11) is 0. The van der Waals surface area contributed by atoms with E-state index < -0.39 is 0 Å². The summed E-state index contributed by atoms with van der Waals surface area (Å²) in [6.07, 6.45) is 0. The van der Waals surface area contributed by atoms with Crippen molar-refractivity contribution in [3.8, 4) is 11.8 Å². The molecule has 21 heavy (non-hydrogen) atoms. The average Bonchev–Trinajstić information content (AvgIpc) is 2.89. The van der Waals surface area contributed by atoms with E-state index in [0.29, 0.717) is 12.1 Å². The van der Waals surface area contributed by atoms with E-state index in [9.17, 15) is 4.79 Å². The van der Waals surface area contributed by atoms with Crippen molar-refractivity contribution in [2.24, 2.45) is 0 Å². The van der Waals surface area contributed by atoms with Crippen LogP contribution in [0.5, 0.6) is 0 Å². The number of hydrogen-bond acceptors (Lipinski definition) is 3. The maximum absolute atomic E-state index is 12.3. The van der Waals surface area contributed by atoms with Gasteiger partial charge in [-0.05, 0) is 46.6 Å². The van der Waals surface area contributed by atoms with Crippen molar-refractivity contribution in [3.05, 3.63) is 55.7 Å². The SMILES string of the molecule is Cc1c(C#CCO)cccc1C(=O)NCc1cc(Br)cs1. The van der Waals surface area contributed by atoms with Gasteiger partial charge in [-0.3, -0.25) is 4.79 Å². The molecule has 2 aromatic rings. The number of aliphatic hydroxyl groups excluding tert-OH is 1. The van der Waals surface area contributed by atoms with Gasteiger partial charge in [-0.2, -0.15) is 0 Å². The number of rotatable bonds is 3. The van der Waals surface area contributed by atoms with Crippen molar-refractivity contribution in [1.29, 1.82) is 0 Å². The van der Waals surface area contributed by atoms with Crippen LogP contribution in [-0.4, -0.2) is 17.6 Å². The van der Waals surface area contributed by atoms with E-state index in [2.05, 4.69) is 33.1 Å². The van der Waals surface area contributed by atoms with Crippen LogP contribution in [0.25, 0.3) is 0 Å². The van der Waals surface area contributed by atoms with Gasteiger partial charge in [0.1, 0.15) is 6.61 Å². The highest BCUT2D eigenvalue weighted by molar-refractivity contribution is 9.10. The van der Waals surface area contributed by atoms with Crippen molar-refractivity contribution in [3.63, 3.8) is 0 Å². The van der Waals surface area contributed by atoms with E-state index in [1.807, 2.05) is 24.4 Å². The number of hydrogen-bond donors (Lipinski definition) is 2. The Hall–Kier alpha value is -1.61. The number of amides is 1. The fourth-order valence-electron chi connectivity index (χ4n) is 1.86. The predicted octanol–water partition coefficient (Wildman–Crippen LogP) is 3.09. The minimum Gasteiger partial charge on any atom is -0.384 e. The molecule has 3 nitrogen and oxygen atoms in total. The minimum atomic E-state index is -0.191. The van der Waals surface area contributed by atoms with Crippen molar-refractivity contribution >= 4 is 33.2 Å². The fraction of sp³-hybridized carbons (Fsp3) is 0.188. The van der Waals surface area contributed by atoms with Crippen LogP contribution >= 0.6 is 27.3 Å². The number of thiophene rings is 1. The Morgan fingerprint density at radius 1 is 1.48 bits per heavy atom. The highest BCUT2D eigenvalue weighted by Crippen LogP contribution is 2.20. The summed E-state index contributed by atoms with van der Waals surface area (Å²) in [5.74, 6) is 5.33. The van der Waals surface area contributed by atoms with Crippen LogP contribution < -0.4 is 5.32 Å². The van der Waals surface area contributed by atoms with Gasteiger partial charge >= 0.3 is 0 Å². The first-order valence-corrected chi connectivity index (χ1v) is 7.99. The molecule has 2 N–H and O–H groups in total. The monoisotopic (exact) mass is 363 g/mol. The standard InChI is InChI=1S/C16H14BrNO2S/c1-11-12(5-3-7-19)4-2-6-15(11)16(20)18-9-14-8-13(17)10-21-14/h2,4,6,8,10,19H,7,9H2,1H3,(H,18,20). The molecule has 0 fully saturated rings. The first kappa shape index (κ1) is 15.8. The van der Waals surface area contributed by atoms with Crippen LogP contribution in [0.15, 0.2) is 34.1 Å². The second-order valence-electron chi connectivity index (χ2n) is 4.35. The van der Waals surface area contributed by atoms with E-state index >= 15 is 0 Å². The van der Waals surface area contributed by atoms with Crippen LogP contribution in [0, 0.1) is 18.8 Å². The van der Waals surface area contributed by atoms with Crippen molar-refractivity contribution in [1.82, 2.24) is 5.32 Å². The van der Waals surface area contributed by atoms with Crippen LogP contribution in [0.2, 0.25) is 0 Å². The zero-order valence-corrected chi connectivity index (χ0v) is 13.8. The van der Waals surface area contributed by atoms with Gasteiger partial charge in [0, 0.05) is 25.9 Å². The molecule has 0 aliphatic carbocycles. The second-order valence-corrected chi connectivity index (χ2v) is 6.26.